The van der Waals surface area contributed by atoms with E-state index in [9.17, 15) is 0 Å². The first-order valence-corrected chi connectivity index (χ1v) is 5.35. The van der Waals surface area contributed by atoms with Crippen molar-refractivity contribution < 1.29 is 0 Å². The van der Waals surface area contributed by atoms with E-state index in [2.05, 4.69) is 43.0 Å². The van der Waals surface area contributed by atoms with Gasteiger partial charge in [-0.15, -0.1) is 0 Å². The predicted octanol–water partition coefficient (Wildman–Crippen LogP) is 1.94. The molecule has 1 fully saturated rings. The monoisotopic (exact) mass is 182 g/mol. The van der Waals surface area contributed by atoms with E-state index < -0.39 is 0 Å². The standard InChI is InChI=1S/C11H22N2/c1-4-5-6-7-13-9-8-12(3)11(2)10-13/h6-7,11H,4-5,8-10H2,1-3H3/b7-6+. The first kappa shape index (κ1) is 10.6. The largest absolute Gasteiger partial charge is 0.375 e. The Labute approximate surface area is 82.2 Å². The van der Waals surface area contributed by atoms with Gasteiger partial charge in [0.15, 0.2) is 0 Å². The highest BCUT2D eigenvalue weighted by Gasteiger charge is 2.17. The molecule has 0 saturated carbocycles. The molecule has 0 aromatic heterocycles. The molecule has 1 heterocycles. The fourth-order valence-electron chi connectivity index (χ4n) is 1.60. The van der Waals surface area contributed by atoms with Crippen molar-refractivity contribution in [1.82, 2.24) is 9.80 Å². The molecule has 1 rings (SSSR count). The van der Waals surface area contributed by atoms with Gasteiger partial charge in [0.25, 0.3) is 0 Å². The highest BCUT2D eigenvalue weighted by molar-refractivity contribution is 4.87. The van der Waals surface area contributed by atoms with Crippen LogP contribution >= 0.6 is 0 Å². The number of piperazine rings is 1. The van der Waals surface area contributed by atoms with Gasteiger partial charge in [-0.1, -0.05) is 19.4 Å². The molecule has 0 aromatic carbocycles. The van der Waals surface area contributed by atoms with Crippen LogP contribution < -0.4 is 0 Å². The summed E-state index contributed by atoms with van der Waals surface area (Å²) in [6, 6.07) is 0.694. The van der Waals surface area contributed by atoms with Crippen LogP contribution in [0.4, 0.5) is 0 Å². The molecule has 0 amide bonds. The molecule has 0 aromatic rings. The maximum Gasteiger partial charge on any atom is 0.0326 e. The van der Waals surface area contributed by atoms with Crippen LogP contribution in [0, 0.1) is 0 Å². The Balaban J connectivity index is 2.29. The van der Waals surface area contributed by atoms with E-state index in [0.29, 0.717) is 6.04 Å². The van der Waals surface area contributed by atoms with Crippen molar-refractivity contribution in [2.75, 3.05) is 26.7 Å². The third-order valence-electron chi connectivity index (χ3n) is 2.76. The molecule has 1 atom stereocenters. The number of allylic oxidation sites excluding steroid dienone is 1. The van der Waals surface area contributed by atoms with Crippen LogP contribution in [-0.4, -0.2) is 42.5 Å². The number of hydrogen-bond donors (Lipinski definition) is 0. The molecule has 1 saturated heterocycles. The number of hydrogen-bond acceptors (Lipinski definition) is 2. The Morgan fingerprint density at radius 1 is 1.38 bits per heavy atom. The van der Waals surface area contributed by atoms with Gasteiger partial charge in [-0.3, -0.25) is 0 Å². The summed E-state index contributed by atoms with van der Waals surface area (Å²) in [4.78, 5) is 4.85. The minimum atomic E-state index is 0.694. The van der Waals surface area contributed by atoms with Crippen molar-refractivity contribution in [1.29, 1.82) is 0 Å². The lowest BCUT2D eigenvalue weighted by Crippen LogP contribution is -2.47. The molecule has 1 unspecified atom stereocenters. The van der Waals surface area contributed by atoms with E-state index in [1.165, 1.54) is 32.5 Å². The second kappa shape index (κ2) is 5.28. The zero-order valence-corrected chi connectivity index (χ0v) is 9.16. The zero-order valence-electron chi connectivity index (χ0n) is 9.16. The first-order valence-electron chi connectivity index (χ1n) is 5.35. The highest BCUT2D eigenvalue weighted by atomic mass is 15.3. The van der Waals surface area contributed by atoms with Crippen molar-refractivity contribution in [3.05, 3.63) is 12.3 Å². The predicted molar refractivity (Wildman–Crippen MR) is 57.7 cm³/mol. The van der Waals surface area contributed by atoms with E-state index in [-0.39, 0.29) is 0 Å². The summed E-state index contributed by atoms with van der Waals surface area (Å²) in [6.45, 7) is 8.06. The van der Waals surface area contributed by atoms with Gasteiger partial charge in [0.1, 0.15) is 0 Å². The summed E-state index contributed by atoms with van der Waals surface area (Å²) >= 11 is 0. The lowest BCUT2D eigenvalue weighted by atomic mass is 10.2. The third kappa shape index (κ3) is 3.39. The van der Waals surface area contributed by atoms with Crippen LogP contribution in [0.15, 0.2) is 12.3 Å². The molecule has 0 radical (unpaired) electrons. The van der Waals surface area contributed by atoms with Crippen LogP contribution in [0.3, 0.4) is 0 Å². The number of rotatable bonds is 3. The number of likely N-dealkylation sites (N-methyl/N-ethyl adjacent to an activating group) is 1. The summed E-state index contributed by atoms with van der Waals surface area (Å²) in [5.41, 5.74) is 0. The van der Waals surface area contributed by atoms with Gasteiger partial charge in [-0.25, -0.2) is 0 Å². The first-order chi connectivity index (χ1) is 6.24. The van der Waals surface area contributed by atoms with Crippen molar-refractivity contribution in [2.45, 2.75) is 32.7 Å². The van der Waals surface area contributed by atoms with E-state index in [1.54, 1.807) is 0 Å². The molecule has 13 heavy (non-hydrogen) atoms. The van der Waals surface area contributed by atoms with Gasteiger partial charge in [0.05, 0.1) is 0 Å². The third-order valence-corrected chi connectivity index (χ3v) is 2.76. The van der Waals surface area contributed by atoms with E-state index in [1.807, 2.05) is 0 Å². The molecular weight excluding hydrogens is 160 g/mol. The van der Waals surface area contributed by atoms with Crippen LogP contribution in [0.25, 0.3) is 0 Å². The van der Waals surface area contributed by atoms with Crippen LogP contribution in [0.5, 0.6) is 0 Å². The van der Waals surface area contributed by atoms with Crippen molar-refractivity contribution in [3.63, 3.8) is 0 Å². The van der Waals surface area contributed by atoms with Gasteiger partial charge >= 0.3 is 0 Å². The van der Waals surface area contributed by atoms with Crippen molar-refractivity contribution in [2.24, 2.45) is 0 Å². The number of nitrogens with zero attached hydrogens (tertiary/aromatic N) is 2. The average Bonchev–Trinajstić information content (AvgIpc) is 2.12. The molecule has 2 heteroatoms. The maximum atomic E-state index is 2.43. The molecule has 76 valence electrons. The topological polar surface area (TPSA) is 6.48 Å². The molecular formula is C11H22N2. The number of unbranched alkanes of at least 4 members (excludes halogenated alkanes) is 1. The minimum Gasteiger partial charge on any atom is -0.375 e. The van der Waals surface area contributed by atoms with Gasteiger partial charge < -0.3 is 9.80 Å². The SMILES string of the molecule is CCC/C=C/N1CCN(C)C(C)C1. The lowest BCUT2D eigenvalue weighted by molar-refractivity contribution is 0.139. The molecule has 0 aliphatic carbocycles. The Morgan fingerprint density at radius 2 is 2.15 bits per heavy atom. The normalized spacial score (nSPS) is 25.8. The van der Waals surface area contributed by atoms with Gasteiger partial charge in [0, 0.05) is 25.7 Å². The van der Waals surface area contributed by atoms with Gasteiger partial charge in [-0.2, -0.15) is 0 Å². The molecule has 1 aliphatic heterocycles. The Kier molecular flexibility index (Phi) is 4.29. The highest BCUT2D eigenvalue weighted by Crippen LogP contribution is 2.07. The molecule has 2 nitrogen and oxygen atoms in total. The van der Waals surface area contributed by atoms with Crippen molar-refractivity contribution in [3.8, 4) is 0 Å². The van der Waals surface area contributed by atoms with Gasteiger partial charge in [-0.05, 0) is 26.6 Å². The lowest BCUT2D eigenvalue weighted by Gasteiger charge is -2.37. The summed E-state index contributed by atoms with van der Waals surface area (Å²) in [5, 5.41) is 0. The fraction of sp³-hybridized carbons (Fsp3) is 0.818. The maximum absolute atomic E-state index is 2.43. The smallest absolute Gasteiger partial charge is 0.0326 e. The zero-order chi connectivity index (χ0) is 9.68. The summed E-state index contributed by atoms with van der Waals surface area (Å²) in [7, 11) is 2.21. The van der Waals surface area contributed by atoms with Gasteiger partial charge in [0.2, 0.25) is 0 Å². The quantitative estimate of drug-likeness (QED) is 0.658. The van der Waals surface area contributed by atoms with Crippen LogP contribution in [0.1, 0.15) is 26.7 Å². The second-order valence-electron chi connectivity index (χ2n) is 4.00. The molecule has 0 spiro atoms. The fourth-order valence-corrected chi connectivity index (χ4v) is 1.60. The Hall–Kier alpha value is -0.500. The molecule has 0 N–H and O–H groups in total. The van der Waals surface area contributed by atoms with E-state index in [0.717, 1.165) is 0 Å². The van der Waals surface area contributed by atoms with Crippen molar-refractivity contribution >= 4 is 0 Å². The second-order valence-corrected chi connectivity index (χ2v) is 4.00. The average molecular weight is 182 g/mol. The Morgan fingerprint density at radius 3 is 2.77 bits per heavy atom. The Bertz CT molecular complexity index is 165. The molecule has 0 bridgehead atoms. The van der Waals surface area contributed by atoms with E-state index >= 15 is 0 Å². The van der Waals surface area contributed by atoms with Crippen LogP contribution in [-0.2, 0) is 0 Å². The minimum absolute atomic E-state index is 0.694. The molecule has 1 aliphatic rings. The van der Waals surface area contributed by atoms with Crippen LogP contribution in [0.2, 0.25) is 0 Å². The van der Waals surface area contributed by atoms with E-state index in [4.69, 9.17) is 0 Å². The summed E-state index contributed by atoms with van der Waals surface area (Å²) < 4.78 is 0. The summed E-state index contributed by atoms with van der Waals surface area (Å²) in [5.74, 6) is 0. The summed E-state index contributed by atoms with van der Waals surface area (Å²) in [6.07, 6.45) is 7.02.